The van der Waals surface area contributed by atoms with Crippen molar-refractivity contribution in [3.05, 3.63) is 40.5 Å². The lowest BCUT2D eigenvalue weighted by molar-refractivity contribution is -0.121. The van der Waals surface area contributed by atoms with Crippen molar-refractivity contribution in [1.29, 1.82) is 0 Å². The highest BCUT2D eigenvalue weighted by Crippen LogP contribution is 2.15. The number of anilines is 1. The maximum Gasteiger partial charge on any atom is 0.167 e. The van der Waals surface area contributed by atoms with Crippen molar-refractivity contribution in [3.8, 4) is 0 Å². The van der Waals surface area contributed by atoms with E-state index in [2.05, 4.69) is 21.2 Å². The summed E-state index contributed by atoms with van der Waals surface area (Å²) in [5.41, 5.74) is 1.08. The first-order valence-electron chi connectivity index (χ1n) is 5.87. The van der Waals surface area contributed by atoms with Gasteiger partial charge in [-0.2, -0.15) is 0 Å². The van der Waals surface area contributed by atoms with Gasteiger partial charge in [0.15, 0.2) is 11.6 Å². The van der Waals surface area contributed by atoms with Crippen LogP contribution in [0.15, 0.2) is 40.5 Å². The van der Waals surface area contributed by atoms with Crippen molar-refractivity contribution in [1.82, 2.24) is 0 Å². The molecule has 1 aromatic carbocycles. The normalized spacial score (nSPS) is 9.72. The lowest BCUT2D eigenvalue weighted by Gasteiger charge is -2.05. The van der Waals surface area contributed by atoms with Crippen LogP contribution in [0.4, 0.5) is 5.69 Å². The summed E-state index contributed by atoms with van der Waals surface area (Å²) in [5, 5.41) is 2.98. The molecule has 0 saturated heterocycles. The summed E-state index contributed by atoms with van der Waals surface area (Å²) in [4.78, 5) is 23.3. The Balaban J connectivity index is 2.86. The molecule has 0 aromatic heterocycles. The predicted molar refractivity (Wildman–Crippen MR) is 76.4 cm³/mol. The number of halogens is 1. The lowest BCUT2D eigenvalue weighted by Crippen LogP contribution is -2.12. The summed E-state index contributed by atoms with van der Waals surface area (Å²) in [7, 11) is 0. The first kappa shape index (κ1) is 14.6. The maximum absolute atomic E-state index is 11.7. The molecule has 4 heteroatoms. The minimum absolute atomic E-state index is 0.133. The Kier molecular flexibility index (Phi) is 5.78. The molecule has 0 spiro atoms. The number of hydrogen-bond acceptors (Lipinski definition) is 3. The molecule has 0 saturated carbocycles. The zero-order valence-corrected chi connectivity index (χ0v) is 12.1. The van der Waals surface area contributed by atoms with Crippen LogP contribution in [-0.2, 0) is 9.59 Å². The highest BCUT2D eigenvalue weighted by atomic mass is 79.9. The third kappa shape index (κ3) is 4.11. The molecule has 18 heavy (non-hydrogen) atoms. The number of nitrogens with one attached hydrogen (secondary N) is 1. The molecule has 0 aliphatic heterocycles. The Bertz CT molecular complexity index is 445. The van der Waals surface area contributed by atoms with E-state index in [9.17, 15) is 9.59 Å². The van der Waals surface area contributed by atoms with Gasteiger partial charge in [-0.1, -0.05) is 29.8 Å². The van der Waals surface area contributed by atoms with Crippen molar-refractivity contribution >= 4 is 33.2 Å². The van der Waals surface area contributed by atoms with Crippen LogP contribution in [0.5, 0.6) is 0 Å². The molecule has 0 bridgehead atoms. The number of rotatable bonds is 6. The standard InChI is InChI=1S/C14H16BrNO2/c1-3-13(17)12(14(18)4-2)9-16-11-7-5-10(15)6-8-11/h5-9,16H,3-4H2,1-2H3. The SMILES string of the molecule is CCC(=O)C(=CNc1ccc(Br)cc1)C(=O)CC. The van der Waals surface area contributed by atoms with Gasteiger partial charge in [-0.15, -0.1) is 0 Å². The number of benzene rings is 1. The highest BCUT2D eigenvalue weighted by molar-refractivity contribution is 9.10. The fourth-order valence-electron chi connectivity index (χ4n) is 1.40. The van der Waals surface area contributed by atoms with Crippen LogP contribution < -0.4 is 5.32 Å². The summed E-state index contributed by atoms with van der Waals surface area (Å²) in [6, 6.07) is 7.51. The van der Waals surface area contributed by atoms with Crippen LogP contribution in [0.25, 0.3) is 0 Å². The largest absolute Gasteiger partial charge is 0.361 e. The number of carbonyl (C=O) groups is 2. The van der Waals surface area contributed by atoms with Crippen LogP contribution in [0.1, 0.15) is 26.7 Å². The lowest BCUT2D eigenvalue weighted by atomic mass is 10.0. The Morgan fingerprint density at radius 1 is 1.11 bits per heavy atom. The smallest absolute Gasteiger partial charge is 0.167 e. The zero-order valence-electron chi connectivity index (χ0n) is 10.5. The van der Waals surface area contributed by atoms with Gasteiger partial charge < -0.3 is 5.32 Å². The summed E-state index contributed by atoms with van der Waals surface area (Å²) in [6.45, 7) is 3.50. The second-order valence-electron chi connectivity index (χ2n) is 3.76. The van der Waals surface area contributed by atoms with Crippen molar-refractivity contribution in [2.24, 2.45) is 0 Å². The molecule has 0 radical (unpaired) electrons. The van der Waals surface area contributed by atoms with E-state index in [4.69, 9.17) is 0 Å². The Labute approximate surface area is 115 Å². The van der Waals surface area contributed by atoms with Gasteiger partial charge in [0.2, 0.25) is 0 Å². The highest BCUT2D eigenvalue weighted by Gasteiger charge is 2.14. The predicted octanol–water partition coefficient (Wildman–Crippen LogP) is 3.70. The molecular weight excluding hydrogens is 294 g/mol. The van der Waals surface area contributed by atoms with Gasteiger partial charge in [0.1, 0.15) is 0 Å². The minimum atomic E-state index is -0.133. The van der Waals surface area contributed by atoms with Crippen molar-refractivity contribution in [3.63, 3.8) is 0 Å². The molecule has 0 fully saturated rings. The average Bonchev–Trinajstić information content (AvgIpc) is 2.40. The first-order valence-corrected chi connectivity index (χ1v) is 6.66. The van der Waals surface area contributed by atoms with Crippen LogP contribution >= 0.6 is 15.9 Å². The third-order valence-electron chi connectivity index (χ3n) is 2.47. The van der Waals surface area contributed by atoms with Crippen LogP contribution in [-0.4, -0.2) is 11.6 Å². The number of allylic oxidation sites excluding steroid dienone is 1. The van der Waals surface area contributed by atoms with Crippen molar-refractivity contribution < 1.29 is 9.59 Å². The van der Waals surface area contributed by atoms with Crippen LogP contribution in [0.3, 0.4) is 0 Å². The first-order chi connectivity index (χ1) is 8.58. The van der Waals surface area contributed by atoms with Gasteiger partial charge in [0.25, 0.3) is 0 Å². The van der Waals surface area contributed by atoms with E-state index in [0.717, 1.165) is 10.2 Å². The number of carbonyl (C=O) groups excluding carboxylic acids is 2. The minimum Gasteiger partial charge on any atom is -0.361 e. The Hall–Kier alpha value is -1.42. The summed E-state index contributed by atoms with van der Waals surface area (Å²) in [6.07, 6.45) is 2.17. The van der Waals surface area contributed by atoms with Crippen LogP contribution in [0, 0.1) is 0 Å². The molecular formula is C14H16BrNO2. The quantitative estimate of drug-likeness (QED) is 0.495. The maximum atomic E-state index is 11.7. The zero-order chi connectivity index (χ0) is 13.5. The summed E-state index contributed by atoms with van der Waals surface area (Å²) in [5.74, 6) is -0.266. The van der Waals surface area contributed by atoms with E-state index >= 15 is 0 Å². The molecule has 1 rings (SSSR count). The fourth-order valence-corrected chi connectivity index (χ4v) is 1.66. The molecule has 3 nitrogen and oxygen atoms in total. The van der Waals surface area contributed by atoms with Gasteiger partial charge in [-0.05, 0) is 24.3 Å². The van der Waals surface area contributed by atoms with E-state index < -0.39 is 0 Å². The van der Waals surface area contributed by atoms with Crippen molar-refractivity contribution in [2.45, 2.75) is 26.7 Å². The molecule has 0 atom stereocenters. The molecule has 1 N–H and O–H groups in total. The van der Waals surface area contributed by atoms with Gasteiger partial charge in [0, 0.05) is 29.2 Å². The number of Topliss-reactive ketones (excluding diaryl/α,β-unsaturated/α-hetero) is 2. The molecule has 0 aliphatic carbocycles. The van der Waals surface area contributed by atoms with Gasteiger partial charge in [0.05, 0.1) is 5.57 Å². The third-order valence-corrected chi connectivity index (χ3v) is 3.00. The van der Waals surface area contributed by atoms with E-state index in [-0.39, 0.29) is 17.1 Å². The molecule has 96 valence electrons. The van der Waals surface area contributed by atoms with E-state index in [1.165, 1.54) is 6.20 Å². The van der Waals surface area contributed by atoms with E-state index in [1.54, 1.807) is 13.8 Å². The number of ketones is 2. The monoisotopic (exact) mass is 309 g/mol. The second kappa shape index (κ2) is 7.11. The van der Waals surface area contributed by atoms with Gasteiger partial charge in [-0.25, -0.2) is 0 Å². The van der Waals surface area contributed by atoms with E-state index in [1.807, 2.05) is 24.3 Å². The topological polar surface area (TPSA) is 46.2 Å². The molecule has 0 heterocycles. The fraction of sp³-hybridized carbons (Fsp3) is 0.286. The Morgan fingerprint density at radius 3 is 2.06 bits per heavy atom. The van der Waals surface area contributed by atoms with Gasteiger partial charge >= 0.3 is 0 Å². The average molecular weight is 310 g/mol. The van der Waals surface area contributed by atoms with Gasteiger partial charge in [-0.3, -0.25) is 9.59 Å². The molecule has 0 amide bonds. The van der Waals surface area contributed by atoms with Crippen molar-refractivity contribution in [2.75, 3.05) is 5.32 Å². The summed E-state index contributed by atoms with van der Waals surface area (Å²) >= 11 is 3.34. The van der Waals surface area contributed by atoms with Crippen LogP contribution in [0.2, 0.25) is 0 Å². The summed E-state index contributed by atoms with van der Waals surface area (Å²) < 4.78 is 0.978. The number of hydrogen-bond donors (Lipinski definition) is 1. The molecule has 0 unspecified atom stereocenters. The second-order valence-corrected chi connectivity index (χ2v) is 4.68. The molecule has 0 aliphatic rings. The van der Waals surface area contributed by atoms with E-state index in [0.29, 0.717) is 12.8 Å². The molecule has 1 aromatic rings. The Morgan fingerprint density at radius 2 is 1.61 bits per heavy atom.